The highest BCUT2D eigenvalue weighted by molar-refractivity contribution is 9.10. The van der Waals surface area contributed by atoms with Crippen LogP contribution in [-0.2, 0) is 35.0 Å². The maximum atomic E-state index is 13.7. The molecule has 0 atom stereocenters. The molecule has 0 bridgehead atoms. The first kappa shape index (κ1) is 44.0. The number of carbonyl (C=O) groups excluding carboxylic acids is 2. The van der Waals surface area contributed by atoms with E-state index in [0.29, 0.717) is 27.4 Å². The molecule has 4 aromatic rings. The van der Waals surface area contributed by atoms with Crippen LogP contribution in [0.25, 0.3) is 0 Å². The van der Waals surface area contributed by atoms with Gasteiger partial charge in [0.2, 0.25) is 9.84 Å². The third kappa shape index (κ3) is 10.9. The summed E-state index contributed by atoms with van der Waals surface area (Å²) in [4.78, 5) is 30.2. The zero-order valence-corrected chi connectivity index (χ0v) is 32.8. The lowest BCUT2D eigenvalue weighted by molar-refractivity contribution is -0.140. The molecule has 0 aromatic heterocycles. The molecule has 0 radical (unpaired) electrons. The minimum Gasteiger partial charge on any atom is -0.370 e. The topological polar surface area (TPSA) is 197 Å². The van der Waals surface area contributed by atoms with E-state index in [1.54, 1.807) is 38.1 Å². The summed E-state index contributed by atoms with van der Waals surface area (Å²) >= 11 is 7.34. The van der Waals surface area contributed by atoms with Gasteiger partial charge in [0.05, 0.1) is 20.9 Å². The van der Waals surface area contributed by atoms with Gasteiger partial charge in [0.1, 0.15) is 0 Å². The second kappa shape index (κ2) is 17.8. The fourth-order valence-electron chi connectivity index (χ4n) is 4.76. The van der Waals surface area contributed by atoms with Crippen LogP contribution in [0.15, 0.2) is 111 Å². The molecule has 0 aliphatic carbocycles. The fourth-order valence-corrected chi connectivity index (χ4v) is 8.83. The van der Waals surface area contributed by atoms with E-state index in [0.717, 1.165) is 23.9 Å². The summed E-state index contributed by atoms with van der Waals surface area (Å²) in [6, 6.07) is 15.9. The van der Waals surface area contributed by atoms with E-state index < -0.39 is 67.5 Å². The largest absolute Gasteiger partial charge is 0.417 e. The predicted molar refractivity (Wildman–Crippen MR) is 200 cm³/mol. The number of carbonyl (C=O) groups is 2. The van der Waals surface area contributed by atoms with Gasteiger partial charge in [-0.05, 0) is 104 Å². The first-order chi connectivity index (χ1) is 25.0. The molecule has 8 N–H and O–H groups in total. The molecule has 0 fully saturated rings. The van der Waals surface area contributed by atoms with E-state index in [2.05, 4.69) is 41.8 Å². The van der Waals surface area contributed by atoms with Crippen LogP contribution >= 0.6 is 43.6 Å². The van der Waals surface area contributed by atoms with E-state index in [1.807, 2.05) is 0 Å². The van der Waals surface area contributed by atoms with Crippen molar-refractivity contribution in [3.8, 4) is 0 Å². The van der Waals surface area contributed by atoms with Crippen molar-refractivity contribution >= 4 is 77.2 Å². The smallest absolute Gasteiger partial charge is 0.370 e. The van der Waals surface area contributed by atoms with Crippen LogP contribution in [-0.4, -0.2) is 32.2 Å². The summed E-state index contributed by atoms with van der Waals surface area (Å²) in [7, 11) is -4.54. The predicted octanol–water partition coefficient (Wildman–Crippen LogP) is 7.87. The Morgan fingerprint density at radius 2 is 1.09 bits per heavy atom. The van der Waals surface area contributed by atoms with Crippen molar-refractivity contribution < 1.29 is 44.3 Å². The average molecular weight is 925 g/mol. The molecule has 0 aliphatic rings. The maximum Gasteiger partial charge on any atom is 0.417 e. The first-order valence-electron chi connectivity index (χ1n) is 15.2. The van der Waals surface area contributed by atoms with Gasteiger partial charge < -0.3 is 22.9 Å². The fraction of sp³-hybridized carbons (Fsp3) is 0.176. The molecule has 0 unspecified atom stereocenters. The van der Waals surface area contributed by atoms with Crippen LogP contribution in [0, 0.1) is 0 Å². The average Bonchev–Trinajstić information content (AvgIpc) is 3.07. The quantitative estimate of drug-likeness (QED) is 0.0772. The molecule has 0 spiro atoms. The first-order valence-corrected chi connectivity index (χ1v) is 19.1. The molecule has 0 heterocycles. The number of benzene rings is 4. The summed E-state index contributed by atoms with van der Waals surface area (Å²) < 4.78 is 108. The summed E-state index contributed by atoms with van der Waals surface area (Å²) in [5, 5.41) is 0. The van der Waals surface area contributed by atoms with Crippen molar-refractivity contribution in [3.63, 3.8) is 0 Å². The highest BCUT2D eigenvalue weighted by Gasteiger charge is 2.40. The van der Waals surface area contributed by atoms with E-state index in [-0.39, 0.29) is 31.8 Å². The number of nitrogens with zero attached hydrogens (tertiary/aromatic N) is 2. The molecule has 20 heteroatoms. The number of alkyl halides is 6. The number of halogens is 8. The van der Waals surface area contributed by atoms with Gasteiger partial charge in [-0.25, -0.2) is 8.42 Å². The minimum absolute atomic E-state index is 0.00231. The van der Waals surface area contributed by atoms with Crippen LogP contribution in [0.5, 0.6) is 0 Å². The molecule has 10 nitrogen and oxygen atoms in total. The van der Waals surface area contributed by atoms with E-state index in [4.69, 9.17) is 22.9 Å². The second-order valence-corrected chi connectivity index (χ2v) is 15.5. The van der Waals surface area contributed by atoms with E-state index >= 15 is 0 Å². The Balaban J connectivity index is 0.000000291. The van der Waals surface area contributed by atoms with Crippen LogP contribution in [0.1, 0.15) is 56.8 Å². The van der Waals surface area contributed by atoms with Crippen molar-refractivity contribution in [3.05, 3.63) is 115 Å². The highest BCUT2D eigenvalue weighted by atomic mass is 79.9. The summed E-state index contributed by atoms with van der Waals surface area (Å²) in [6.07, 6.45) is -9.24. The molecule has 4 rings (SSSR count). The van der Waals surface area contributed by atoms with Crippen molar-refractivity contribution in [1.29, 1.82) is 0 Å². The number of guanidine groups is 2. The number of rotatable bonds is 8. The Morgan fingerprint density at radius 3 is 1.54 bits per heavy atom. The number of sulfone groups is 1. The third-order valence-electron chi connectivity index (χ3n) is 7.18. The lowest BCUT2D eigenvalue weighted by Crippen LogP contribution is -2.25. The molecular weight excluding hydrogens is 894 g/mol. The molecule has 0 saturated heterocycles. The number of amides is 2. The monoisotopic (exact) mass is 922 g/mol. The van der Waals surface area contributed by atoms with Gasteiger partial charge in [-0.2, -0.15) is 36.3 Å². The van der Waals surface area contributed by atoms with Gasteiger partial charge in [-0.15, -0.1) is 0 Å². The SMILES string of the molecule is CCc1cc(S(=O)(=O)c2ccccc2Br)c(C(F)(F)F)cc1C(=O)N=C(N)N.CCc1cc(Sc2ccccc2Br)c(C(F)(F)F)cc1C(=O)N=C(N)N. The van der Waals surface area contributed by atoms with E-state index in [1.165, 1.54) is 30.3 Å². The Morgan fingerprint density at radius 1 is 0.648 bits per heavy atom. The van der Waals surface area contributed by atoms with Crippen LogP contribution in [0.3, 0.4) is 0 Å². The molecular formula is C34H30Br2F6N6O4S2. The van der Waals surface area contributed by atoms with Crippen molar-refractivity contribution in [2.24, 2.45) is 32.9 Å². The minimum atomic E-state index is -5.04. The zero-order valence-electron chi connectivity index (χ0n) is 28.0. The number of nitrogens with two attached hydrogens (primary N) is 4. The highest BCUT2D eigenvalue weighted by Crippen LogP contribution is 2.43. The van der Waals surface area contributed by atoms with Gasteiger partial charge in [-0.3, -0.25) is 9.59 Å². The standard InChI is InChI=1S/C17H15BrF3N3O3S.C17H15BrF3N3OS/c1-2-9-7-14(28(26,27)13-6-4-3-5-12(13)18)11(17(19,20)21)8-10(9)15(25)24-16(22)23;1-2-9-7-14(26-13-6-4-3-5-12(13)18)11(17(19,20)21)8-10(9)15(25)24-16(22)23/h3-8H,2H2,1H3,(H4,22,23,24,25);3-8H,2H2,1H3,(H4,22,23,24,25). The molecule has 288 valence electrons. The normalized spacial score (nSPS) is 11.6. The Hall–Kier alpha value is -4.40. The van der Waals surface area contributed by atoms with Gasteiger partial charge in [0, 0.05) is 29.9 Å². The van der Waals surface area contributed by atoms with Gasteiger partial charge in [0.15, 0.2) is 11.9 Å². The Bertz CT molecular complexity index is 2240. The van der Waals surface area contributed by atoms with E-state index in [9.17, 15) is 44.3 Å². The second-order valence-electron chi connectivity index (χ2n) is 10.9. The summed E-state index contributed by atoms with van der Waals surface area (Å²) in [5.74, 6) is -3.11. The van der Waals surface area contributed by atoms with Crippen molar-refractivity contribution in [2.45, 2.75) is 58.6 Å². The Kier molecular flexibility index (Phi) is 14.5. The number of hydrogen-bond acceptors (Lipinski definition) is 5. The maximum absolute atomic E-state index is 13.7. The molecule has 4 aromatic carbocycles. The summed E-state index contributed by atoms with van der Waals surface area (Å²) in [5.41, 5.74) is 18.1. The van der Waals surface area contributed by atoms with Gasteiger partial charge in [0.25, 0.3) is 11.8 Å². The number of aliphatic imine (C=N–C) groups is 2. The number of hydrogen-bond donors (Lipinski definition) is 4. The van der Waals surface area contributed by atoms with Crippen LogP contribution in [0.2, 0.25) is 0 Å². The summed E-state index contributed by atoms with van der Waals surface area (Å²) in [6.45, 7) is 3.30. The van der Waals surface area contributed by atoms with Crippen LogP contribution < -0.4 is 22.9 Å². The lowest BCUT2D eigenvalue weighted by Gasteiger charge is -2.17. The zero-order chi connectivity index (χ0) is 40.8. The molecule has 2 amide bonds. The van der Waals surface area contributed by atoms with Crippen molar-refractivity contribution in [1.82, 2.24) is 0 Å². The molecule has 54 heavy (non-hydrogen) atoms. The van der Waals surface area contributed by atoms with Crippen LogP contribution in [0.4, 0.5) is 26.3 Å². The number of aryl methyl sites for hydroxylation is 2. The molecule has 0 aliphatic heterocycles. The Labute approximate surface area is 326 Å². The lowest BCUT2D eigenvalue weighted by atomic mass is 10.0. The molecule has 0 saturated carbocycles. The van der Waals surface area contributed by atoms with Gasteiger partial charge >= 0.3 is 12.4 Å². The van der Waals surface area contributed by atoms with Crippen molar-refractivity contribution in [2.75, 3.05) is 0 Å². The van der Waals surface area contributed by atoms with Gasteiger partial charge in [-0.1, -0.05) is 49.9 Å². The third-order valence-corrected chi connectivity index (χ3v) is 12.1.